The molecule has 1 aromatic heterocycles. The van der Waals surface area contributed by atoms with E-state index in [-0.39, 0.29) is 6.04 Å². The van der Waals surface area contributed by atoms with E-state index in [4.69, 9.17) is 10.2 Å². The predicted octanol–water partition coefficient (Wildman–Crippen LogP) is 0.756. The van der Waals surface area contributed by atoms with Crippen LogP contribution in [0.2, 0.25) is 0 Å². The molecule has 0 amide bonds. The molecule has 0 saturated heterocycles. The second-order valence-corrected chi connectivity index (χ2v) is 3.19. The Kier molecular flexibility index (Phi) is 2.83. The van der Waals surface area contributed by atoms with Crippen LogP contribution in [0, 0.1) is 0 Å². The summed E-state index contributed by atoms with van der Waals surface area (Å²) < 4.78 is 5.38. The molecule has 0 aliphatic carbocycles. The molecule has 0 aliphatic heterocycles. The van der Waals surface area contributed by atoms with Gasteiger partial charge in [-0.1, -0.05) is 0 Å². The lowest BCUT2D eigenvalue weighted by Gasteiger charge is -2.05. The van der Waals surface area contributed by atoms with Crippen molar-refractivity contribution < 1.29 is 4.42 Å². The van der Waals surface area contributed by atoms with Gasteiger partial charge in [0.1, 0.15) is 5.76 Å². The van der Waals surface area contributed by atoms with Gasteiger partial charge in [0.25, 0.3) is 0 Å². The maximum Gasteiger partial charge on any atom is 0.211 e. The smallest absolute Gasteiger partial charge is 0.211 e. The molecule has 0 aromatic carbocycles. The fourth-order valence-electron chi connectivity index (χ4n) is 0.918. The van der Waals surface area contributed by atoms with Gasteiger partial charge in [-0.2, -0.15) is 0 Å². The molecule has 1 unspecified atom stereocenters. The summed E-state index contributed by atoms with van der Waals surface area (Å²) in [6, 6.07) is -0.124. The lowest BCUT2D eigenvalue weighted by Crippen LogP contribution is -2.10. The first-order chi connectivity index (χ1) is 5.59. The number of hydrogen-bond acceptors (Lipinski definition) is 4. The highest BCUT2D eigenvalue weighted by Crippen LogP contribution is 2.10. The van der Waals surface area contributed by atoms with Crippen LogP contribution in [0.4, 0.5) is 0 Å². The Bertz CT molecular complexity index is 242. The molecule has 1 atom stereocenters. The Balaban J connectivity index is 2.64. The van der Waals surface area contributed by atoms with Crippen molar-refractivity contribution in [3.63, 3.8) is 0 Å². The summed E-state index contributed by atoms with van der Waals surface area (Å²) in [4.78, 5) is 6.07. The molecule has 4 heteroatoms. The third-order valence-electron chi connectivity index (χ3n) is 1.43. The number of nitrogens with two attached hydrogens (primary N) is 1. The third-order valence-corrected chi connectivity index (χ3v) is 1.43. The molecular weight excluding hydrogens is 154 g/mol. The van der Waals surface area contributed by atoms with Crippen LogP contribution in [-0.2, 0) is 6.54 Å². The summed E-state index contributed by atoms with van der Waals surface area (Å²) in [5.74, 6) is 1.46. The van der Waals surface area contributed by atoms with Crippen LogP contribution >= 0.6 is 0 Å². The number of oxazole rings is 1. The fourth-order valence-corrected chi connectivity index (χ4v) is 0.918. The van der Waals surface area contributed by atoms with Crippen LogP contribution in [0.1, 0.15) is 24.6 Å². The van der Waals surface area contributed by atoms with Crippen LogP contribution in [0.5, 0.6) is 0 Å². The summed E-state index contributed by atoms with van der Waals surface area (Å²) >= 11 is 0. The minimum absolute atomic E-state index is 0.124. The van der Waals surface area contributed by atoms with Crippen LogP contribution in [-0.4, -0.2) is 24.0 Å². The first kappa shape index (κ1) is 9.22. The SMILES string of the molecule is CC(N)c1ncc(CN(C)C)o1. The van der Waals surface area contributed by atoms with E-state index in [0.717, 1.165) is 12.3 Å². The molecule has 4 nitrogen and oxygen atoms in total. The number of hydrogen-bond donors (Lipinski definition) is 1. The average molecular weight is 169 g/mol. The van der Waals surface area contributed by atoms with Crippen LogP contribution in [0.3, 0.4) is 0 Å². The second kappa shape index (κ2) is 3.69. The third kappa shape index (κ3) is 2.32. The highest BCUT2D eigenvalue weighted by atomic mass is 16.4. The molecule has 0 aliphatic rings. The van der Waals surface area contributed by atoms with Gasteiger partial charge in [-0.05, 0) is 21.0 Å². The molecular formula is C8H15N3O. The van der Waals surface area contributed by atoms with Gasteiger partial charge in [0.05, 0.1) is 18.8 Å². The summed E-state index contributed by atoms with van der Waals surface area (Å²) in [5.41, 5.74) is 5.59. The van der Waals surface area contributed by atoms with Crippen molar-refractivity contribution in [2.75, 3.05) is 14.1 Å². The molecule has 0 fully saturated rings. The standard InChI is InChI=1S/C8H15N3O/c1-6(9)8-10-4-7(12-8)5-11(2)3/h4,6H,5,9H2,1-3H3. The van der Waals surface area contributed by atoms with E-state index in [1.54, 1.807) is 6.20 Å². The van der Waals surface area contributed by atoms with Gasteiger partial charge < -0.3 is 15.1 Å². The number of rotatable bonds is 3. The number of aromatic nitrogens is 1. The Hall–Kier alpha value is -0.870. The molecule has 0 spiro atoms. The van der Waals surface area contributed by atoms with Crippen LogP contribution < -0.4 is 5.73 Å². The summed E-state index contributed by atoms with van der Waals surface area (Å²) in [6.45, 7) is 2.62. The van der Waals surface area contributed by atoms with Gasteiger partial charge in [-0.25, -0.2) is 4.98 Å². The normalized spacial score (nSPS) is 13.8. The quantitative estimate of drug-likeness (QED) is 0.725. The van der Waals surface area contributed by atoms with E-state index in [1.807, 2.05) is 25.9 Å². The zero-order valence-corrected chi connectivity index (χ0v) is 7.74. The van der Waals surface area contributed by atoms with Crippen LogP contribution in [0.15, 0.2) is 10.6 Å². The van der Waals surface area contributed by atoms with Crippen molar-refractivity contribution in [3.05, 3.63) is 17.8 Å². The lowest BCUT2D eigenvalue weighted by atomic mass is 10.4. The first-order valence-corrected chi connectivity index (χ1v) is 3.94. The van der Waals surface area contributed by atoms with E-state index in [9.17, 15) is 0 Å². The van der Waals surface area contributed by atoms with Crippen molar-refractivity contribution in [1.29, 1.82) is 0 Å². The topological polar surface area (TPSA) is 55.3 Å². The van der Waals surface area contributed by atoms with Crippen molar-refractivity contribution in [2.45, 2.75) is 19.5 Å². The predicted molar refractivity (Wildman–Crippen MR) is 46.5 cm³/mol. The fraction of sp³-hybridized carbons (Fsp3) is 0.625. The Labute approximate surface area is 72.4 Å². The maximum absolute atomic E-state index is 5.59. The van der Waals surface area contributed by atoms with Gasteiger partial charge in [0, 0.05) is 0 Å². The van der Waals surface area contributed by atoms with Gasteiger partial charge in [-0.3, -0.25) is 0 Å². The van der Waals surface area contributed by atoms with Crippen molar-refractivity contribution in [1.82, 2.24) is 9.88 Å². The van der Waals surface area contributed by atoms with Gasteiger partial charge in [0.15, 0.2) is 0 Å². The van der Waals surface area contributed by atoms with Gasteiger partial charge >= 0.3 is 0 Å². The van der Waals surface area contributed by atoms with E-state index < -0.39 is 0 Å². The Morgan fingerprint density at radius 3 is 2.75 bits per heavy atom. The zero-order valence-electron chi connectivity index (χ0n) is 7.74. The molecule has 1 heterocycles. The molecule has 1 aromatic rings. The summed E-state index contributed by atoms with van der Waals surface area (Å²) in [5, 5.41) is 0. The van der Waals surface area contributed by atoms with E-state index >= 15 is 0 Å². The van der Waals surface area contributed by atoms with Crippen molar-refractivity contribution in [2.24, 2.45) is 5.73 Å². The Morgan fingerprint density at radius 1 is 1.67 bits per heavy atom. The van der Waals surface area contributed by atoms with Crippen molar-refractivity contribution in [3.8, 4) is 0 Å². The molecule has 2 N–H and O–H groups in total. The highest BCUT2D eigenvalue weighted by Gasteiger charge is 2.07. The molecule has 1 rings (SSSR count). The highest BCUT2D eigenvalue weighted by molar-refractivity contribution is 4.96. The monoisotopic (exact) mass is 169 g/mol. The van der Waals surface area contributed by atoms with E-state index in [1.165, 1.54) is 0 Å². The molecule has 68 valence electrons. The molecule has 12 heavy (non-hydrogen) atoms. The lowest BCUT2D eigenvalue weighted by molar-refractivity contribution is 0.335. The minimum Gasteiger partial charge on any atom is -0.443 e. The zero-order chi connectivity index (χ0) is 9.14. The largest absolute Gasteiger partial charge is 0.443 e. The molecule has 0 radical (unpaired) electrons. The summed E-state index contributed by atoms with van der Waals surface area (Å²) in [7, 11) is 3.96. The van der Waals surface area contributed by atoms with Crippen molar-refractivity contribution >= 4 is 0 Å². The minimum atomic E-state index is -0.124. The summed E-state index contributed by atoms with van der Waals surface area (Å²) in [6.07, 6.45) is 1.72. The molecule has 0 saturated carbocycles. The molecule has 0 bridgehead atoms. The Morgan fingerprint density at radius 2 is 2.33 bits per heavy atom. The van der Waals surface area contributed by atoms with Gasteiger partial charge in [0.2, 0.25) is 5.89 Å². The maximum atomic E-state index is 5.59. The van der Waals surface area contributed by atoms with E-state index in [2.05, 4.69) is 4.98 Å². The first-order valence-electron chi connectivity index (χ1n) is 3.94. The van der Waals surface area contributed by atoms with E-state index in [0.29, 0.717) is 5.89 Å². The van der Waals surface area contributed by atoms with Gasteiger partial charge in [-0.15, -0.1) is 0 Å². The van der Waals surface area contributed by atoms with Crippen LogP contribution in [0.25, 0.3) is 0 Å². The average Bonchev–Trinajstić information content (AvgIpc) is 2.34. The second-order valence-electron chi connectivity index (χ2n) is 3.19. The number of nitrogens with zero attached hydrogens (tertiary/aromatic N) is 2.